The molecule has 1 fully saturated rings. The van der Waals surface area contributed by atoms with E-state index in [1.165, 1.54) is 12.8 Å². The number of halogens is 1. The average Bonchev–Trinajstić information content (AvgIpc) is 3.07. The van der Waals surface area contributed by atoms with Crippen molar-refractivity contribution in [2.45, 2.75) is 44.6 Å². The van der Waals surface area contributed by atoms with Gasteiger partial charge in [0.05, 0.1) is 11.6 Å². The molecule has 1 aromatic rings. The van der Waals surface area contributed by atoms with Crippen LogP contribution >= 0.6 is 15.9 Å². The Morgan fingerprint density at radius 1 is 1.25 bits per heavy atom. The standard InChI is InChI=1S/C19H29BrN2O2/c1-21(2)12-13-22(16-6-4-5-7-16)19(23)11-9-15-8-10-18(24-3)17(20)14-15/h8,10,14,16H,4-7,9,11-13H2,1-3H3. The van der Waals surface area contributed by atoms with Crippen molar-refractivity contribution < 1.29 is 9.53 Å². The van der Waals surface area contributed by atoms with Crippen molar-refractivity contribution >= 4 is 21.8 Å². The molecule has 0 aromatic heterocycles. The highest BCUT2D eigenvalue weighted by Crippen LogP contribution is 2.27. The number of aryl methyl sites for hydroxylation is 1. The van der Waals surface area contributed by atoms with Gasteiger partial charge in [0.25, 0.3) is 0 Å². The van der Waals surface area contributed by atoms with Gasteiger partial charge in [0.15, 0.2) is 0 Å². The van der Waals surface area contributed by atoms with Crippen molar-refractivity contribution in [2.75, 3.05) is 34.3 Å². The van der Waals surface area contributed by atoms with Crippen LogP contribution in [0.4, 0.5) is 0 Å². The highest BCUT2D eigenvalue weighted by Gasteiger charge is 2.26. The van der Waals surface area contributed by atoms with Crippen LogP contribution in [0.2, 0.25) is 0 Å². The van der Waals surface area contributed by atoms with Gasteiger partial charge >= 0.3 is 0 Å². The summed E-state index contributed by atoms with van der Waals surface area (Å²) in [6, 6.07) is 6.48. The summed E-state index contributed by atoms with van der Waals surface area (Å²) in [5.41, 5.74) is 1.16. The third-order valence-electron chi connectivity index (χ3n) is 4.72. The minimum absolute atomic E-state index is 0.288. The Bertz CT molecular complexity index is 542. The van der Waals surface area contributed by atoms with Gasteiger partial charge in [0.2, 0.25) is 5.91 Å². The van der Waals surface area contributed by atoms with Gasteiger partial charge in [-0.15, -0.1) is 0 Å². The lowest BCUT2D eigenvalue weighted by atomic mass is 10.1. The molecular formula is C19H29BrN2O2. The largest absolute Gasteiger partial charge is 0.496 e. The minimum Gasteiger partial charge on any atom is -0.496 e. The zero-order chi connectivity index (χ0) is 17.5. The molecule has 0 unspecified atom stereocenters. The molecule has 0 heterocycles. The van der Waals surface area contributed by atoms with E-state index < -0.39 is 0 Å². The van der Waals surface area contributed by atoms with E-state index in [4.69, 9.17) is 4.74 Å². The van der Waals surface area contributed by atoms with Gasteiger partial charge < -0.3 is 14.5 Å². The van der Waals surface area contributed by atoms with Gasteiger partial charge in [-0.05, 0) is 67.0 Å². The van der Waals surface area contributed by atoms with Crippen LogP contribution in [0.3, 0.4) is 0 Å². The molecule has 1 amide bonds. The van der Waals surface area contributed by atoms with E-state index in [1.54, 1.807) is 7.11 Å². The van der Waals surface area contributed by atoms with E-state index in [2.05, 4.69) is 39.8 Å². The second-order valence-electron chi connectivity index (χ2n) is 6.80. The summed E-state index contributed by atoms with van der Waals surface area (Å²) in [7, 11) is 5.78. The number of benzene rings is 1. The second kappa shape index (κ2) is 9.42. The first kappa shape index (κ1) is 19.3. The van der Waals surface area contributed by atoms with E-state index >= 15 is 0 Å². The van der Waals surface area contributed by atoms with Crippen molar-refractivity contribution in [3.8, 4) is 5.75 Å². The molecule has 0 aliphatic heterocycles. The minimum atomic E-state index is 0.288. The number of methoxy groups -OCH3 is 1. The Hall–Kier alpha value is -1.07. The Kier molecular flexibility index (Phi) is 7.56. The summed E-state index contributed by atoms with van der Waals surface area (Å²) in [6.45, 7) is 1.76. The molecule has 1 aliphatic rings. The number of nitrogens with zero attached hydrogens (tertiary/aromatic N) is 2. The molecule has 134 valence electrons. The molecular weight excluding hydrogens is 368 g/mol. The van der Waals surface area contributed by atoms with Crippen molar-refractivity contribution in [2.24, 2.45) is 0 Å². The number of hydrogen-bond acceptors (Lipinski definition) is 3. The molecule has 5 heteroatoms. The number of carbonyl (C=O) groups is 1. The summed E-state index contributed by atoms with van der Waals surface area (Å²) in [5.74, 6) is 1.11. The first-order valence-corrected chi connectivity index (χ1v) is 9.57. The molecule has 0 atom stereocenters. The van der Waals surface area contributed by atoms with E-state index in [9.17, 15) is 4.79 Å². The fourth-order valence-electron chi connectivity index (χ4n) is 3.29. The van der Waals surface area contributed by atoms with E-state index in [1.807, 2.05) is 18.2 Å². The topological polar surface area (TPSA) is 32.8 Å². The zero-order valence-corrected chi connectivity index (χ0v) is 16.6. The van der Waals surface area contributed by atoms with Crippen molar-refractivity contribution in [1.29, 1.82) is 0 Å². The molecule has 1 aliphatic carbocycles. The van der Waals surface area contributed by atoms with Crippen molar-refractivity contribution in [1.82, 2.24) is 9.80 Å². The van der Waals surface area contributed by atoms with Crippen LogP contribution in [0.25, 0.3) is 0 Å². The average molecular weight is 397 g/mol. The van der Waals surface area contributed by atoms with E-state index in [0.29, 0.717) is 12.5 Å². The number of carbonyl (C=O) groups excluding carboxylic acids is 1. The fourth-order valence-corrected chi connectivity index (χ4v) is 3.88. The van der Waals surface area contributed by atoms with Gasteiger partial charge in [0, 0.05) is 25.6 Å². The van der Waals surface area contributed by atoms with Crippen LogP contribution in [-0.2, 0) is 11.2 Å². The highest BCUT2D eigenvalue weighted by atomic mass is 79.9. The Morgan fingerprint density at radius 2 is 1.96 bits per heavy atom. The predicted molar refractivity (Wildman–Crippen MR) is 102 cm³/mol. The van der Waals surface area contributed by atoms with Crippen LogP contribution in [0, 0.1) is 0 Å². The lowest BCUT2D eigenvalue weighted by molar-refractivity contribution is -0.133. The van der Waals surface area contributed by atoms with Gasteiger partial charge in [-0.2, -0.15) is 0 Å². The first-order chi connectivity index (χ1) is 11.5. The second-order valence-corrected chi connectivity index (χ2v) is 7.65. The van der Waals surface area contributed by atoms with Crippen LogP contribution in [-0.4, -0.2) is 56.0 Å². The van der Waals surface area contributed by atoms with Crippen LogP contribution in [0.15, 0.2) is 22.7 Å². The quantitative estimate of drug-likeness (QED) is 0.670. The Labute approximate surface area is 154 Å². The van der Waals surface area contributed by atoms with Crippen molar-refractivity contribution in [3.05, 3.63) is 28.2 Å². The molecule has 0 bridgehead atoms. The molecule has 1 aromatic carbocycles. The third kappa shape index (κ3) is 5.49. The van der Waals surface area contributed by atoms with Crippen molar-refractivity contribution in [3.63, 3.8) is 0 Å². The fraction of sp³-hybridized carbons (Fsp3) is 0.632. The monoisotopic (exact) mass is 396 g/mol. The maximum Gasteiger partial charge on any atom is 0.223 e. The van der Waals surface area contributed by atoms with E-state index in [-0.39, 0.29) is 5.91 Å². The molecule has 4 nitrogen and oxygen atoms in total. The lowest BCUT2D eigenvalue weighted by Gasteiger charge is -2.30. The first-order valence-electron chi connectivity index (χ1n) is 8.78. The van der Waals surface area contributed by atoms with Crippen LogP contribution in [0.5, 0.6) is 5.75 Å². The van der Waals surface area contributed by atoms with Gasteiger partial charge in [-0.1, -0.05) is 18.9 Å². The van der Waals surface area contributed by atoms with Crippen LogP contribution < -0.4 is 4.74 Å². The summed E-state index contributed by atoms with van der Waals surface area (Å²) < 4.78 is 6.20. The molecule has 2 rings (SSSR count). The molecule has 0 spiro atoms. The summed E-state index contributed by atoms with van der Waals surface area (Å²) in [4.78, 5) is 17.1. The van der Waals surface area contributed by atoms with Gasteiger partial charge in [0.1, 0.15) is 5.75 Å². The Morgan fingerprint density at radius 3 is 2.54 bits per heavy atom. The molecule has 0 saturated heterocycles. The lowest BCUT2D eigenvalue weighted by Crippen LogP contribution is -2.42. The maximum atomic E-state index is 12.8. The summed E-state index contributed by atoms with van der Waals surface area (Å²) in [5, 5.41) is 0. The SMILES string of the molecule is COc1ccc(CCC(=O)N(CCN(C)C)C2CCCC2)cc1Br. The predicted octanol–water partition coefficient (Wildman–Crippen LogP) is 3.72. The summed E-state index contributed by atoms with van der Waals surface area (Å²) in [6.07, 6.45) is 6.17. The maximum absolute atomic E-state index is 12.8. The number of rotatable bonds is 8. The molecule has 0 radical (unpaired) electrons. The van der Waals surface area contributed by atoms with Crippen LogP contribution in [0.1, 0.15) is 37.7 Å². The zero-order valence-electron chi connectivity index (χ0n) is 15.1. The number of ether oxygens (including phenoxy) is 1. The third-order valence-corrected chi connectivity index (χ3v) is 5.34. The number of likely N-dealkylation sites (N-methyl/N-ethyl adjacent to an activating group) is 1. The molecule has 24 heavy (non-hydrogen) atoms. The van der Waals surface area contributed by atoms with Gasteiger partial charge in [-0.25, -0.2) is 0 Å². The van der Waals surface area contributed by atoms with E-state index in [0.717, 1.165) is 48.1 Å². The Balaban J connectivity index is 1.94. The smallest absolute Gasteiger partial charge is 0.223 e. The molecule has 0 N–H and O–H groups in total. The van der Waals surface area contributed by atoms with Gasteiger partial charge in [-0.3, -0.25) is 4.79 Å². The normalized spacial score (nSPS) is 15.0. The highest BCUT2D eigenvalue weighted by molar-refractivity contribution is 9.10. The summed E-state index contributed by atoms with van der Waals surface area (Å²) >= 11 is 3.51. The molecule has 1 saturated carbocycles. The number of amides is 1. The number of hydrogen-bond donors (Lipinski definition) is 0.